The van der Waals surface area contributed by atoms with Gasteiger partial charge in [-0.25, -0.2) is 0 Å². The van der Waals surface area contributed by atoms with Crippen LogP contribution in [0.25, 0.3) is 0 Å². The fraction of sp³-hybridized carbons (Fsp3) is 0.528. The summed E-state index contributed by atoms with van der Waals surface area (Å²) in [5.41, 5.74) is 4.29. The summed E-state index contributed by atoms with van der Waals surface area (Å²) < 4.78 is 0. The lowest BCUT2D eigenvalue weighted by Crippen LogP contribution is -2.79. The van der Waals surface area contributed by atoms with Gasteiger partial charge >= 0.3 is 0 Å². The van der Waals surface area contributed by atoms with Crippen LogP contribution in [-0.2, 0) is 16.0 Å². The Morgan fingerprint density at radius 3 is 2.20 bits per heavy atom. The molecule has 2 aromatic carbocycles. The lowest BCUT2D eigenvalue weighted by Gasteiger charge is -2.66. The molecule has 0 aliphatic heterocycles. The van der Waals surface area contributed by atoms with Crippen molar-refractivity contribution in [3.8, 4) is 17.6 Å². The maximum Gasteiger partial charge on any atom is 0.230 e. The number of benzene rings is 2. The lowest BCUT2D eigenvalue weighted by molar-refractivity contribution is -0.265. The molecule has 5 rings (SSSR count). The number of phenolic OH excluding ortho intramolecular Hbond substituents is 1. The third-order valence-corrected chi connectivity index (χ3v) is 10.8. The zero-order chi connectivity index (χ0) is 32.7. The summed E-state index contributed by atoms with van der Waals surface area (Å²) in [5, 5.41) is 47.2. The number of Topliss-reactive ketones (excluding diaryl/α,β-unsaturated/α-hetero) is 2. The summed E-state index contributed by atoms with van der Waals surface area (Å²) in [7, 11) is 0. The number of aliphatic hydroxyl groups is 3. The average molecular weight is 602 g/mol. The SMILES string of the molecule is Cc1ccc(C#Cc2cc(C(C)C)c3c(c2O)C(=O)C2C(O)[C@@]4(O)C(=O)C(C(N)=O)C(O)[C@H](C(C)C)[C@@]4(C)C[C@@]2(C)C3)cc1. The molecule has 234 valence electrons. The second kappa shape index (κ2) is 10.5. The summed E-state index contributed by atoms with van der Waals surface area (Å²) in [6, 6.07) is 9.42. The molecule has 0 spiro atoms. The molecule has 0 bridgehead atoms. The van der Waals surface area contributed by atoms with E-state index in [4.69, 9.17) is 5.73 Å². The number of hydrogen-bond donors (Lipinski definition) is 5. The second-order valence-electron chi connectivity index (χ2n) is 14.5. The number of hydrogen-bond acceptors (Lipinski definition) is 7. The number of amides is 1. The first-order valence-corrected chi connectivity index (χ1v) is 15.3. The number of carbonyl (C=O) groups excluding carboxylic acids is 3. The molecule has 2 aromatic rings. The van der Waals surface area contributed by atoms with Crippen molar-refractivity contribution < 1.29 is 34.8 Å². The van der Waals surface area contributed by atoms with Crippen molar-refractivity contribution in [2.75, 3.05) is 0 Å². The molecule has 0 saturated heterocycles. The van der Waals surface area contributed by atoms with E-state index >= 15 is 0 Å². The van der Waals surface area contributed by atoms with Gasteiger partial charge in [0.1, 0.15) is 17.8 Å². The number of aryl methyl sites for hydroxylation is 1. The fourth-order valence-corrected chi connectivity index (χ4v) is 9.01. The molecular weight excluding hydrogens is 558 g/mol. The normalized spacial score (nSPS) is 34.6. The van der Waals surface area contributed by atoms with Crippen LogP contribution in [-0.4, -0.2) is 55.7 Å². The molecule has 3 aliphatic rings. The van der Waals surface area contributed by atoms with E-state index in [9.17, 15) is 34.8 Å². The summed E-state index contributed by atoms with van der Waals surface area (Å²) in [4.78, 5) is 40.9. The van der Waals surface area contributed by atoms with Crippen LogP contribution in [0.3, 0.4) is 0 Å². The van der Waals surface area contributed by atoms with Gasteiger partial charge in [-0.15, -0.1) is 0 Å². The van der Waals surface area contributed by atoms with Gasteiger partial charge in [0, 0.05) is 11.0 Å². The highest BCUT2D eigenvalue weighted by Gasteiger charge is 2.76. The molecule has 1 amide bonds. The molecule has 0 radical (unpaired) electrons. The number of phenols is 1. The number of primary amides is 1. The first kappa shape index (κ1) is 31.9. The summed E-state index contributed by atoms with van der Waals surface area (Å²) in [6.45, 7) is 13.1. The minimum Gasteiger partial charge on any atom is -0.506 e. The van der Waals surface area contributed by atoms with Crippen LogP contribution in [0, 0.1) is 53.3 Å². The van der Waals surface area contributed by atoms with Gasteiger partial charge < -0.3 is 26.2 Å². The van der Waals surface area contributed by atoms with Crippen molar-refractivity contribution in [1.82, 2.24) is 0 Å². The number of aromatic hydroxyl groups is 1. The Bertz CT molecular complexity index is 1620. The smallest absolute Gasteiger partial charge is 0.230 e. The van der Waals surface area contributed by atoms with Crippen LogP contribution in [0.1, 0.15) is 92.1 Å². The average Bonchev–Trinajstić information content (AvgIpc) is 2.90. The Morgan fingerprint density at radius 2 is 1.66 bits per heavy atom. The van der Waals surface area contributed by atoms with Crippen molar-refractivity contribution >= 4 is 17.5 Å². The Morgan fingerprint density at radius 1 is 1.05 bits per heavy atom. The van der Waals surface area contributed by atoms with Crippen molar-refractivity contribution in [3.05, 3.63) is 63.7 Å². The van der Waals surface area contributed by atoms with Crippen LogP contribution in [0.5, 0.6) is 5.75 Å². The summed E-state index contributed by atoms with van der Waals surface area (Å²) in [5.74, 6) is -1.14. The lowest BCUT2D eigenvalue weighted by atomic mass is 9.39. The van der Waals surface area contributed by atoms with Crippen LogP contribution in [0.4, 0.5) is 0 Å². The van der Waals surface area contributed by atoms with Gasteiger partial charge in [-0.2, -0.15) is 0 Å². The molecular formula is C36H43NO7. The second-order valence-corrected chi connectivity index (χ2v) is 14.5. The largest absolute Gasteiger partial charge is 0.506 e. The molecule has 44 heavy (non-hydrogen) atoms. The molecule has 0 aromatic heterocycles. The van der Waals surface area contributed by atoms with Gasteiger partial charge in [-0.1, -0.05) is 71.1 Å². The molecule has 8 heteroatoms. The maximum atomic E-state index is 14.5. The zero-order valence-corrected chi connectivity index (χ0v) is 26.4. The minimum atomic E-state index is -2.54. The molecule has 2 saturated carbocycles. The van der Waals surface area contributed by atoms with E-state index in [2.05, 4.69) is 11.8 Å². The summed E-state index contributed by atoms with van der Waals surface area (Å²) in [6.07, 6.45) is -3.00. The Labute approximate surface area is 258 Å². The maximum absolute atomic E-state index is 14.5. The molecule has 8 nitrogen and oxygen atoms in total. The van der Waals surface area contributed by atoms with Gasteiger partial charge in [0.25, 0.3) is 0 Å². The quantitative estimate of drug-likeness (QED) is 0.266. The Kier molecular flexibility index (Phi) is 7.64. The number of fused-ring (bicyclic) bond motifs is 3. The first-order valence-electron chi connectivity index (χ1n) is 15.3. The number of rotatable bonds is 3. The van der Waals surface area contributed by atoms with Crippen molar-refractivity contribution in [1.29, 1.82) is 0 Å². The van der Waals surface area contributed by atoms with Crippen molar-refractivity contribution in [2.24, 2.45) is 40.2 Å². The van der Waals surface area contributed by atoms with Gasteiger partial charge in [-0.3, -0.25) is 14.4 Å². The van der Waals surface area contributed by atoms with E-state index in [0.717, 1.165) is 16.7 Å². The number of nitrogens with two attached hydrogens (primary N) is 1. The third kappa shape index (κ3) is 4.35. The molecule has 6 N–H and O–H groups in total. The van der Waals surface area contributed by atoms with Crippen LogP contribution < -0.4 is 5.73 Å². The minimum absolute atomic E-state index is 0.0314. The van der Waals surface area contributed by atoms with Crippen molar-refractivity contribution in [2.45, 2.75) is 85.0 Å². The summed E-state index contributed by atoms with van der Waals surface area (Å²) >= 11 is 0. The van der Waals surface area contributed by atoms with E-state index < -0.39 is 63.9 Å². The fourth-order valence-electron chi connectivity index (χ4n) is 9.01. The third-order valence-electron chi connectivity index (χ3n) is 10.8. The number of ketones is 2. The molecule has 0 heterocycles. The zero-order valence-electron chi connectivity index (χ0n) is 26.4. The molecule has 2 fully saturated rings. The van der Waals surface area contributed by atoms with E-state index in [1.807, 2.05) is 71.9 Å². The van der Waals surface area contributed by atoms with Gasteiger partial charge in [0.15, 0.2) is 17.2 Å². The highest BCUT2D eigenvalue weighted by Crippen LogP contribution is 2.66. The first-order chi connectivity index (χ1) is 20.4. The van der Waals surface area contributed by atoms with Crippen molar-refractivity contribution in [3.63, 3.8) is 0 Å². The number of carbonyl (C=O) groups is 3. The molecule has 3 aliphatic carbocycles. The van der Waals surface area contributed by atoms with Crippen LogP contribution >= 0.6 is 0 Å². The van der Waals surface area contributed by atoms with Crippen LogP contribution in [0.15, 0.2) is 30.3 Å². The van der Waals surface area contributed by atoms with Crippen LogP contribution in [0.2, 0.25) is 0 Å². The van der Waals surface area contributed by atoms with Gasteiger partial charge in [0.05, 0.1) is 23.1 Å². The highest BCUT2D eigenvalue weighted by atomic mass is 16.4. The highest BCUT2D eigenvalue weighted by molar-refractivity contribution is 6.09. The molecule has 4 unspecified atom stereocenters. The van der Waals surface area contributed by atoms with Gasteiger partial charge in [0.2, 0.25) is 5.91 Å². The monoisotopic (exact) mass is 601 g/mol. The van der Waals surface area contributed by atoms with E-state index in [0.29, 0.717) is 5.56 Å². The molecule has 8 atom stereocenters. The van der Waals surface area contributed by atoms with E-state index in [1.165, 1.54) is 0 Å². The topological polar surface area (TPSA) is 158 Å². The predicted octanol–water partition coefficient (Wildman–Crippen LogP) is 3.40. The standard InChI is InChI=1S/C36H43NO7/c1-17(2)22-14-21(13-12-20-10-8-19(5)9-11-20)28(38)24-23(22)15-34(6)16-35(7)26(18(3)4)30(40)25(33(37)43)31(41)36(35,44)32(42)27(34)29(24)39/h8-11,14,17-18,25-27,30,32,38,40,42,44H,15-16H2,1-7H3,(H2,37,43)/t25?,26-,27?,30?,32?,34+,35+,36-/m0/s1. The van der Waals surface area contributed by atoms with E-state index in [-0.39, 0.29) is 41.6 Å². The Balaban J connectivity index is 1.71. The van der Waals surface area contributed by atoms with Gasteiger partial charge in [-0.05, 0) is 72.3 Å². The number of aliphatic hydroxyl groups excluding tert-OH is 2. The Hall–Kier alpha value is -3.51. The van der Waals surface area contributed by atoms with E-state index in [1.54, 1.807) is 6.92 Å². The predicted molar refractivity (Wildman–Crippen MR) is 165 cm³/mol.